The third kappa shape index (κ3) is 3.47. The van der Waals surface area contributed by atoms with Crippen LogP contribution in [0.4, 0.5) is 4.39 Å². The zero-order valence-corrected chi connectivity index (χ0v) is 17.4. The summed E-state index contributed by atoms with van der Waals surface area (Å²) in [4.78, 5) is 24.1. The topological polar surface area (TPSA) is 63.1 Å². The van der Waals surface area contributed by atoms with Gasteiger partial charge in [-0.15, -0.1) is 24.8 Å². The van der Waals surface area contributed by atoms with Crippen molar-refractivity contribution in [1.29, 1.82) is 0 Å². The van der Waals surface area contributed by atoms with Gasteiger partial charge in [-0.2, -0.15) is 0 Å². The number of carbonyl (C=O) groups excluding carboxylic acids is 1. The fourth-order valence-electron chi connectivity index (χ4n) is 4.60. The first-order chi connectivity index (χ1) is 13.1. The third-order valence-electron chi connectivity index (χ3n) is 5.85. The summed E-state index contributed by atoms with van der Waals surface area (Å²) in [5, 5.41) is 3.41. The summed E-state index contributed by atoms with van der Waals surface area (Å²) in [7, 11) is 1.86. The van der Waals surface area contributed by atoms with E-state index in [1.165, 1.54) is 6.07 Å². The summed E-state index contributed by atoms with van der Waals surface area (Å²) in [6.45, 7) is 2.38. The average Bonchev–Trinajstić information content (AvgIpc) is 3.35. The summed E-state index contributed by atoms with van der Waals surface area (Å²) in [6.07, 6.45) is 3.31. The molecule has 2 aliphatic heterocycles. The second-order valence-corrected chi connectivity index (χ2v) is 7.43. The molecule has 2 saturated heterocycles. The van der Waals surface area contributed by atoms with Gasteiger partial charge >= 0.3 is 0 Å². The second-order valence-electron chi connectivity index (χ2n) is 7.43. The first-order valence-electron chi connectivity index (χ1n) is 9.16. The standard InChI is InChI=1S/C20H20FN5O.2ClH/c1-25-11-24-17-15(5-6-23-19(17)25)20(27)26-10-13-8-22-9-16(13)18(26)12-3-2-4-14(21)7-12;;/h2-7,11,13,16,18,22H,8-10H2,1H3;2*1H/t13-,16-,18+;;/m0../s1. The lowest BCUT2D eigenvalue weighted by molar-refractivity contribution is 0.0715. The summed E-state index contributed by atoms with van der Waals surface area (Å²) >= 11 is 0. The van der Waals surface area contributed by atoms with E-state index in [9.17, 15) is 9.18 Å². The van der Waals surface area contributed by atoms with Gasteiger partial charge in [0.05, 0.1) is 17.9 Å². The van der Waals surface area contributed by atoms with Crippen molar-refractivity contribution in [2.45, 2.75) is 6.04 Å². The van der Waals surface area contributed by atoms with Gasteiger partial charge in [0.15, 0.2) is 5.65 Å². The Bertz CT molecular complexity index is 1040. The number of amides is 1. The molecule has 0 bridgehead atoms. The number of aromatic nitrogens is 3. The van der Waals surface area contributed by atoms with Crippen LogP contribution in [-0.4, -0.2) is 45.0 Å². The minimum absolute atomic E-state index is 0. The Morgan fingerprint density at radius 3 is 2.83 bits per heavy atom. The number of pyridine rings is 1. The highest BCUT2D eigenvalue weighted by atomic mass is 35.5. The highest BCUT2D eigenvalue weighted by Crippen LogP contribution is 2.43. The molecule has 2 aliphatic rings. The highest BCUT2D eigenvalue weighted by molar-refractivity contribution is 6.04. The molecule has 3 atom stereocenters. The molecule has 0 saturated carbocycles. The molecule has 154 valence electrons. The van der Waals surface area contributed by atoms with Crippen LogP contribution in [0.1, 0.15) is 22.0 Å². The van der Waals surface area contributed by atoms with Crippen LogP contribution in [0.3, 0.4) is 0 Å². The van der Waals surface area contributed by atoms with E-state index in [1.807, 2.05) is 18.0 Å². The van der Waals surface area contributed by atoms with Crippen molar-refractivity contribution in [2.24, 2.45) is 18.9 Å². The minimum Gasteiger partial charge on any atom is -0.331 e. The summed E-state index contributed by atoms with van der Waals surface area (Å²) in [6, 6.07) is 8.21. The van der Waals surface area contributed by atoms with Gasteiger partial charge < -0.3 is 14.8 Å². The van der Waals surface area contributed by atoms with Gasteiger partial charge in [0.2, 0.25) is 0 Å². The number of hydrogen-bond donors (Lipinski definition) is 1. The van der Waals surface area contributed by atoms with E-state index in [4.69, 9.17) is 0 Å². The van der Waals surface area contributed by atoms with E-state index in [0.717, 1.165) is 18.7 Å². The molecule has 5 rings (SSSR count). The fraction of sp³-hybridized carbons (Fsp3) is 0.350. The van der Waals surface area contributed by atoms with Crippen LogP contribution < -0.4 is 5.32 Å². The van der Waals surface area contributed by atoms with Crippen LogP contribution in [0.25, 0.3) is 11.2 Å². The van der Waals surface area contributed by atoms with Gasteiger partial charge in [0, 0.05) is 38.8 Å². The Kier molecular flexibility index (Phi) is 6.12. The van der Waals surface area contributed by atoms with Crippen molar-refractivity contribution in [3.8, 4) is 0 Å². The molecule has 3 aromatic rings. The third-order valence-corrected chi connectivity index (χ3v) is 5.85. The molecule has 2 fully saturated rings. The summed E-state index contributed by atoms with van der Waals surface area (Å²) < 4.78 is 15.7. The maximum atomic E-state index is 13.9. The number of nitrogens with one attached hydrogen (secondary N) is 1. The number of aryl methyl sites for hydroxylation is 1. The van der Waals surface area contributed by atoms with E-state index in [0.29, 0.717) is 29.2 Å². The van der Waals surface area contributed by atoms with Gasteiger partial charge in [-0.25, -0.2) is 14.4 Å². The van der Waals surface area contributed by atoms with Crippen molar-refractivity contribution >= 4 is 41.9 Å². The van der Waals surface area contributed by atoms with E-state index >= 15 is 0 Å². The van der Waals surface area contributed by atoms with E-state index in [-0.39, 0.29) is 48.5 Å². The first-order valence-corrected chi connectivity index (χ1v) is 9.16. The number of imidazole rings is 1. The normalized spacial score (nSPS) is 22.8. The van der Waals surface area contributed by atoms with Crippen molar-refractivity contribution in [1.82, 2.24) is 24.8 Å². The maximum absolute atomic E-state index is 13.9. The Hall–Kier alpha value is -2.22. The predicted molar refractivity (Wildman–Crippen MR) is 113 cm³/mol. The molecule has 0 unspecified atom stereocenters. The zero-order chi connectivity index (χ0) is 18.5. The summed E-state index contributed by atoms with van der Waals surface area (Å²) in [5.41, 5.74) is 2.70. The number of carbonyl (C=O) groups is 1. The number of fused-ring (bicyclic) bond motifs is 2. The van der Waals surface area contributed by atoms with Crippen LogP contribution in [0.15, 0.2) is 42.9 Å². The Balaban J connectivity index is 0.00000120. The fourth-order valence-corrected chi connectivity index (χ4v) is 4.60. The SMILES string of the molecule is Cl.Cl.Cn1cnc2c(C(=O)N3C[C@@H]4CNC[C@@H]4[C@H]3c3cccc(F)c3)ccnc21. The molecule has 0 radical (unpaired) electrons. The van der Waals surface area contributed by atoms with Crippen LogP contribution in [0.5, 0.6) is 0 Å². The molecule has 29 heavy (non-hydrogen) atoms. The maximum Gasteiger partial charge on any atom is 0.256 e. The van der Waals surface area contributed by atoms with E-state index < -0.39 is 0 Å². The predicted octanol–water partition coefficient (Wildman–Crippen LogP) is 2.98. The molecule has 1 N–H and O–H groups in total. The molecule has 0 spiro atoms. The molecule has 1 amide bonds. The van der Waals surface area contributed by atoms with Crippen LogP contribution in [0.2, 0.25) is 0 Å². The van der Waals surface area contributed by atoms with Crippen molar-refractivity contribution in [3.05, 3.63) is 59.8 Å². The Morgan fingerprint density at radius 1 is 1.21 bits per heavy atom. The van der Waals surface area contributed by atoms with Gasteiger partial charge in [-0.1, -0.05) is 12.1 Å². The van der Waals surface area contributed by atoms with Crippen molar-refractivity contribution < 1.29 is 9.18 Å². The Morgan fingerprint density at radius 2 is 2.03 bits per heavy atom. The van der Waals surface area contributed by atoms with Gasteiger partial charge in [-0.05, 0) is 29.7 Å². The first kappa shape index (κ1) is 21.5. The molecular weight excluding hydrogens is 416 g/mol. The van der Waals surface area contributed by atoms with Crippen molar-refractivity contribution in [2.75, 3.05) is 19.6 Å². The number of likely N-dealkylation sites (tertiary alicyclic amines) is 1. The lowest BCUT2D eigenvalue weighted by atomic mass is 9.89. The second kappa shape index (κ2) is 8.26. The quantitative estimate of drug-likeness (QED) is 0.669. The molecular formula is C20H22Cl2FN5O. The molecule has 0 aliphatic carbocycles. The smallest absolute Gasteiger partial charge is 0.256 e. The number of halogens is 3. The lowest BCUT2D eigenvalue weighted by Crippen LogP contribution is -2.35. The molecule has 6 nitrogen and oxygen atoms in total. The number of hydrogen-bond acceptors (Lipinski definition) is 4. The summed E-state index contributed by atoms with van der Waals surface area (Å²) in [5.74, 6) is 0.329. The van der Waals surface area contributed by atoms with Crippen LogP contribution >= 0.6 is 24.8 Å². The molecule has 4 heterocycles. The molecule has 1 aromatic carbocycles. The van der Waals surface area contributed by atoms with Gasteiger partial charge in [-0.3, -0.25) is 4.79 Å². The highest BCUT2D eigenvalue weighted by Gasteiger charge is 2.47. The monoisotopic (exact) mass is 437 g/mol. The average molecular weight is 438 g/mol. The van der Waals surface area contributed by atoms with E-state index in [1.54, 1.807) is 35.3 Å². The van der Waals surface area contributed by atoms with Crippen LogP contribution in [-0.2, 0) is 7.05 Å². The Labute approximate surface area is 180 Å². The molecule has 2 aromatic heterocycles. The van der Waals surface area contributed by atoms with E-state index in [2.05, 4.69) is 15.3 Å². The van der Waals surface area contributed by atoms with Gasteiger partial charge in [0.1, 0.15) is 11.3 Å². The molecule has 9 heteroatoms. The van der Waals surface area contributed by atoms with Crippen molar-refractivity contribution in [3.63, 3.8) is 0 Å². The minimum atomic E-state index is -0.273. The number of rotatable bonds is 2. The zero-order valence-electron chi connectivity index (χ0n) is 15.8. The lowest BCUT2D eigenvalue weighted by Gasteiger charge is -2.28. The number of nitrogens with zero attached hydrogens (tertiary/aromatic N) is 4. The van der Waals surface area contributed by atoms with Gasteiger partial charge in [0.25, 0.3) is 5.91 Å². The largest absolute Gasteiger partial charge is 0.331 e. The number of benzene rings is 1. The van der Waals surface area contributed by atoms with Crippen LogP contribution in [0, 0.1) is 17.7 Å².